The zero-order valence-electron chi connectivity index (χ0n) is 39.2. The van der Waals surface area contributed by atoms with Gasteiger partial charge in [0.15, 0.2) is 0 Å². The summed E-state index contributed by atoms with van der Waals surface area (Å²) >= 11 is 0. The summed E-state index contributed by atoms with van der Waals surface area (Å²) in [6.45, 7) is 15.7. The predicted molar refractivity (Wildman–Crippen MR) is 246 cm³/mol. The SMILES string of the molecule is CCCCCCCCCCCCCCCCCCOCCOCCOCCOCCOCCOCCOCCOCCOCCOCCOCCOCCOc1ccc(N)cc1. The van der Waals surface area contributed by atoms with Crippen molar-refractivity contribution in [3.05, 3.63) is 24.3 Å². The zero-order chi connectivity index (χ0) is 44.2. The van der Waals surface area contributed by atoms with Gasteiger partial charge in [0, 0.05) is 12.3 Å². The normalized spacial score (nSPS) is 11.6. The number of ether oxygens (including phenoxy) is 13. The smallest absolute Gasteiger partial charge is 0.119 e. The van der Waals surface area contributed by atoms with Crippen LogP contribution >= 0.6 is 0 Å². The highest BCUT2D eigenvalue weighted by atomic mass is 16.6. The molecule has 0 aromatic heterocycles. The minimum absolute atomic E-state index is 0.475. The Morgan fingerprint density at radius 2 is 0.468 bits per heavy atom. The van der Waals surface area contributed by atoms with Crippen molar-refractivity contribution in [3.63, 3.8) is 0 Å². The molecular formula is C48H91NO13. The van der Waals surface area contributed by atoms with Gasteiger partial charge in [-0.15, -0.1) is 0 Å². The Bertz CT molecular complexity index is 965. The molecular weight excluding hydrogens is 799 g/mol. The number of rotatable bonds is 54. The van der Waals surface area contributed by atoms with Gasteiger partial charge in [-0.25, -0.2) is 0 Å². The van der Waals surface area contributed by atoms with Crippen LogP contribution in [0.5, 0.6) is 5.75 Å². The van der Waals surface area contributed by atoms with Gasteiger partial charge in [0.05, 0.1) is 152 Å². The zero-order valence-corrected chi connectivity index (χ0v) is 39.2. The topological polar surface area (TPSA) is 146 Å². The number of benzene rings is 1. The lowest BCUT2D eigenvalue weighted by Crippen LogP contribution is -2.15. The molecule has 62 heavy (non-hydrogen) atoms. The maximum absolute atomic E-state index is 5.70. The molecule has 0 saturated carbocycles. The van der Waals surface area contributed by atoms with E-state index in [4.69, 9.17) is 67.3 Å². The van der Waals surface area contributed by atoms with Crippen LogP contribution in [-0.4, -0.2) is 165 Å². The highest BCUT2D eigenvalue weighted by molar-refractivity contribution is 5.41. The average molecular weight is 890 g/mol. The lowest BCUT2D eigenvalue weighted by Gasteiger charge is -2.09. The number of hydrogen-bond donors (Lipinski definition) is 1. The first-order valence-electron chi connectivity index (χ1n) is 24.2. The fourth-order valence-corrected chi connectivity index (χ4v) is 6.06. The molecule has 0 atom stereocenters. The van der Waals surface area contributed by atoms with E-state index >= 15 is 0 Å². The fourth-order valence-electron chi connectivity index (χ4n) is 6.06. The lowest BCUT2D eigenvalue weighted by molar-refractivity contribution is -0.0285. The predicted octanol–water partition coefficient (Wildman–Crippen LogP) is 8.11. The van der Waals surface area contributed by atoms with Crippen LogP contribution in [-0.2, 0) is 56.8 Å². The molecule has 0 aliphatic heterocycles. The lowest BCUT2D eigenvalue weighted by atomic mass is 10.0. The Hall–Kier alpha value is -1.66. The van der Waals surface area contributed by atoms with Crippen LogP contribution in [0.4, 0.5) is 5.69 Å². The van der Waals surface area contributed by atoms with Crippen molar-refractivity contribution in [3.8, 4) is 5.75 Å². The molecule has 0 radical (unpaired) electrons. The van der Waals surface area contributed by atoms with E-state index in [9.17, 15) is 0 Å². The van der Waals surface area contributed by atoms with Crippen LogP contribution in [0, 0.1) is 0 Å². The van der Waals surface area contributed by atoms with Gasteiger partial charge < -0.3 is 67.3 Å². The van der Waals surface area contributed by atoms with Crippen LogP contribution in [0.2, 0.25) is 0 Å². The largest absolute Gasteiger partial charge is 0.491 e. The summed E-state index contributed by atoms with van der Waals surface area (Å²) < 4.78 is 72.0. The quantitative estimate of drug-likeness (QED) is 0.0496. The molecule has 14 nitrogen and oxygen atoms in total. The first-order valence-corrected chi connectivity index (χ1v) is 24.2. The van der Waals surface area contributed by atoms with Crippen molar-refractivity contribution in [2.45, 2.75) is 110 Å². The second kappa shape index (κ2) is 52.0. The Morgan fingerprint density at radius 3 is 0.726 bits per heavy atom. The van der Waals surface area contributed by atoms with Crippen molar-refractivity contribution < 1.29 is 61.6 Å². The molecule has 14 heteroatoms. The average Bonchev–Trinajstić information content (AvgIpc) is 3.28. The summed E-state index contributed by atoms with van der Waals surface area (Å²) in [7, 11) is 0. The third-order valence-corrected chi connectivity index (χ3v) is 9.61. The summed E-state index contributed by atoms with van der Waals surface area (Å²) in [6, 6.07) is 7.28. The molecule has 0 aliphatic rings. The Morgan fingerprint density at radius 1 is 0.258 bits per heavy atom. The molecule has 0 heterocycles. The van der Waals surface area contributed by atoms with E-state index in [0.717, 1.165) is 18.8 Å². The molecule has 0 spiro atoms. The molecule has 366 valence electrons. The first-order chi connectivity index (χ1) is 30.8. The Kier molecular flexibility index (Phi) is 48.9. The number of anilines is 1. The molecule has 0 aliphatic carbocycles. The van der Waals surface area contributed by atoms with E-state index < -0.39 is 0 Å². The van der Waals surface area contributed by atoms with Crippen molar-refractivity contribution in [1.29, 1.82) is 0 Å². The highest BCUT2D eigenvalue weighted by Crippen LogP contribution is 2.14. The van der Waals surface area contributed by atoms with Gasteiger partial charge in [-0.3, -0.25) is 0 Å². The van der Waals surface area contributed by atoms with Crippen LogP contribution in [0.1, 0.15) is 110 Å². The van der Waals surface area contributed by atoms with E-state index in [1.54, 1.807) is 12.1 Å². The number of unbranched alkanes of at least 4 members (excludes halogenated alkanes) is 15. The van der Waals surface area contributed by atoms with Crippen molar-refractivity contribution >= 4 is 5.69 Å². The Labute approximate surface area is 377 Å². The van der Waals surface area contributed by atoms with Gasteiger partial charge in [0.25, 0.3) is 0 Å². The minimum atomic E-state index is 0.475. The van der Waals surface area contributed by atoms with Gasteiger partial charge in [-0.05, 0) is 30.7 Å². The molecule has 0 fully saturated rings. The maximum atomic E-state index is 5.70. The van der Waals surface area contributed by atoms with Gasteiger partial charge in [0.2, 0.25) is 0 Å². The number of hydrogen-bond acceptors (Lipinski definition) is 14. The molecule has 0 unspecified atom stereocenters. The van der Waals surface area contributed by atoms with Crippen molar-refractivity contribution in [2.75, 3.05) is 171 Å². The van der Waals surface area contributed by atoms with Gasteiger partial charge in [-0.1, -0.05) is 103 Å². The van der Waals surface area contributed by atoms with Gasteiger partial charge in [-0.2, -0.15) is 0 Å². The van der Waals surface area contributed by atoms with Crippen molar-refractivity contribution in [1.82, 2.24) is 0 Å². The highest BCUT2D eigenvalue weighted by Gasteiger charge is 1.99. The summed E-state index contributed by atoms with van der Waals surface area (Å²) in [5.74, 6) is 0.773. The minimum Gasteiger partial charge on any atom is -0.491 e. The van der Waals surface area contributed by atoms with Gasteiger partial charge in [0.1, 0.15) is 12.4 Å². The maximum Gasteiger partial charge on any atom is 0.119 e. The Balaban J connectivity index is 1.60. The fraction of sp³-hybridized carbons (Fsp3) is 0.875. The van der Waals surface area contributed by atoms with E-state index in [2.05, 4.69) is 6.92 Å². The van der Waals surface area contributed by atoms with Crippen LogP contribution in [0.25, 0.3) is 0 Å². The summed E-state index contributed by atoms with van der Waals surface area (Å²) in [6.07, 6.45) is 22.2. The number of nitrogens with two attached hydrogens (primary N) is 1. The summed E-state index contributed by atoms with van der Waals surface area (Å²) in [4.78, 5) is 0. The van der Waals surface area contributed by atoms with Crippen LogP contribution in [0.15, 0.2) is 24.3 Å². The molecule has 1 rings (SSSR count). The third-order valence-electron chi connectivity index (χ3n) is 9.61. The van der Waals surface area contributed by atoms with E-state index in [-0.39, 0.29) is 0 Å². The standard InChI is InChI=1S/C48H91NO13/c1-2-3-4-5-6-7-8-9-10-11-12-13-14-15-16-17-22-50-23-24-51-25-26-52-27-28-53-29-30-54-31-32-55-33-34-56-35-36-57-37-38-58-39-40-59-41-42-60-43-44-61-45-46-62-48-20-18-47(49)19-21-48/h18-21H,2-17,22-46,49H2,1H3. The summed E-state index contributed by atoms with van der Waals surface area (Å²) in [5, 5.41) is 0. The van der Waals surface area contributed by atoms with E-state index in [1.807, 2.05) is 12.1 Å². The van der Waals surface area contributed by atoms with E-state index in [1.165, 1.54) is 96.3 Å². The molecule has 0 bridgehead atoms. The second-order valence-electron chi connectivity index (χ2n) is 15.1. The molecule has 0 saturated heterocycles. The van der Waals surface area contributed by atoms with Gasteiger partial charge >= 0.3 is 0 Å². The number of nitrogen functional groups attached to an aromatic ring is 1. The first kappa shape index (κ1) is 58.4. The summed E-state index contributed by atoms with van der Waals surface area (Å²) in [5.41, 5.74) is 6.37. The molecule has 0 amide bonds. The molecule has 1 aromatic carbocycles. The third kappa shape index (κ3) is 47.8. The van der Waals surface area contributed by atoms with Crippen LogP contribution < -0.4 is 10.5 Å². The van der Waals surface area contributed by atoms with E-state index in [0.29, 0.717) is 164 Å². The van der Waals surface area contributed by atoms with Crippen LogP contribution in [0.3, 0.4) is 0 Å². The molecule has 2 N–H and O–H groups in total. The van der Waals surface area contributed by atoms with Crippen molar-refractivity contribution in [2.24, 2.45) is 0 Å². The second-order valence-corrected chi connectivity index (χ2v) is 15.1. The molecule has 1 aromatic rings. The monoisotopic (exact) mass is 890 g/mol.